The fourth-order valence-corrected chi connectivity index (χ4v) is 6.37. The minimum Gasteiger partial charge on any atom is -0.368 e. The minimum absolute atomic E-state index is 0.0447. The van der Waals surface area contributed by atoms with Gasteiger partial charge in [0.1, 0.15) is 0 Å². The predicted molar refractivity (Wildman–Crippen MR) is 78.4 cm³/mol. The Kier molecular flexibility index (Phi) is 3.71. The zero-order valence-corrected chi connectivity index (χ0v) is 13.0. The van der Waals surface area contributed by atoms with Gasteiger partial charge in [-0.1, -0.05) is 40.2 Å². The van der Waals surface area contributed by atoms with E-state index in [0.717, 1.165) is 19.3 Å². The van der Waals surface area contributed by atoms with Crippen LogP contribution >= 0.6 is 15.9 Å². The summed E-state index contributed by atoms with van der Waals surface area (Å²) in [6, 6.07) is 8.32. The van der Waals surface area contributed by atoms with Gasteiger partial charge in [0.15, 0.2) is 9.84 Å². The van der Waals surface area contributed by atoms with Crippen LogP contribution in [0.1, 0.15) is 30.1 Å². The van der Waals surface area contributed by atoms with Gasteiger partial charge in [-0.25, -0.2) is 8.42 Å². The number of rotatable bonds is 2. The molecule has 0 bridgehead atoms. The Morgan fingerprint density at radius 3 is 2.74 bits per heavy atom. The molecule has 3 atom stereocenters. The summed E-state index contributed by atoms with van der Waals surface area (Å²) in [5, 5.41) is 0. The van der Waals surface area contributed by atoms with Crippen LogP contribution in [-0.2, 0) is 21.0 Å². The second-order valence-corrected chi connectivity index (χ2v) is 8.68. The normalized spacial score (nSPS) is 33.0. The Morgan fingerprint density at radius 1 is 1.21 bits per heavy atom. The van der Waals surface area contributed by atoms with Gasteiger partial charge in [0.05, 0.1) is 28.5 Å². The van der Waals surface area contributed by atoms with Crippen molar-refractivity contribution in [2.45, 2.75) is 36.3 Å². The van der Waals surface area contributed by atoms with E-state index < -0.39 is 9.84 Å². The number of hydrogen-bond donors (Lipinski definition) is 0. The lowest BCUT2D eigenvalue weighted by molar-refractivity contribution is -0.00515. The predicted octanol–water partition coefficient (Wildman–Crippen LogP) is 2.64. The molecule has 0 amide bonds. The Labute approximate surface area is 122 Å². The monoisotopic (exact) mass is 344 g/mol. The first kappa shape index (κ1) is 13.6. The Morgan fingerprint density at radius 2 is 2.00 bits per heavy atom. The lowest BCUT2D eigenvalue weighted by Gasteiger charge is -2.28. The van der Waals surface area contributed by atoms with Crippen LogP contribution in [0.25, 0.3) is 0 Å². The Balaban J connectivity index is 1.78. The van der Waals surface area contributed by atoms with Crippen molar-refractivity contribution < 1.29 is 13.2 Å². The van der Waals surface area contributed by atoms with Crippen LogP contribution in [-0.4, -0.2) is 30.9 Å². The molecule has 1 aliphatic carbocycles. The van der Waals surface area contributed by atoms with E-state index in [1.807, 2.05) is 6.07 Å². The molecule has 1 aliphatic heterocycles. The second-order valence-electron chi connectivity index (χ2n) is 5.35. The molecule has 2 aliphatic rings. The van der Waals surface area contributed by atoms with Crippen LogP contribution in [0.2, 0.25) is 0 Å². The van der Waals surface area contributed by atoms with Crippen molar-refractivity contribution in [3.63, 3.8) is 0 Å². The zero-order chi connectivity index (χ0) is 13.5. The maximum absolute atomic E-state index is 11.6. The summed E-state index contributed by atoms with van der Waals surface area (Å²) in [5.41, 5.74) is 2.57. The standard InChI is InChI=1S/C14H17BrO3S/c15-12-8-19(16,17)9-14(12)18-13-7-3-5-10-4-1-2-6-11(10)13/h1-2,4,6,12-14H,3,5,7-9H2. The highest BCUT2D eigenvalue weighted by Gasteiger charge is 2.38. The second kappa shape index (κ2) is 5.19. The van der Waals surface area contributed by atoms with Crippen LogP contribution in [0.4, 0.5) is 0 Å². The molecule has 1 aromatic carbocycles. The molecular formula is C14H17BrO3S. The van der Waals surface area contributed by atoms with Gasteiger partial charge in [-0.15, -0.1) is 0 Å². The van der Waals surface area contributed by atoms with Crippen LogP contribution in [0.3, 0.4) is 0 Å². The lowest BCUT2D eigenvalue weighted by atomic mass is 9.89. The van der Waals surface area contributed by atoms with Gasteiger partial charge in [0.25, 0.3) is 0 Å². The van der Waals surface area contributed by atoms with Crippen molar-refractivity contribution in [3.05, 3.63) is 35.4 Å². The summed E-state index contributed by atoms with van der Waals surface area (Å²) < 4.78 is 29.4. The summed E-state index contributed by atoms with van der Waals surface area (Å²) in [6.45, 7) is 0. The third kappa shape index (κ3) is 2.88. The van der Waals surface area contributed by atoms with Crippen LogP contribution in [0, 0.1) is 0 Å². The summed E-state index contributed by atoms with van der Waals surface area (Å²) >= 11 is 3.44. The fourth-order valence-electron chi connectivity index (χ4n) is 2.96. The summed E-state index contributed by atoms with van der Waals surface area (Å²) in [6.07, 6.45) is 3.00. The maximum Gasteiger partial charge on any atom is 0.154 e. The van der Waals surface area contributed by atoms with E-state index >= 15 is 0 Å². The van der Waals surface area contributed by atoms with Crippen molar-refractivity contribution in [3.8, 4) is 0 Å². The molecule has 0 radical (unpaired) electrons. The number of benzene rings is 1. The number of alkyl halides is 1. The van der Waals surface area contributed by atoms with Gasteiger partial charge in [-0.05, 0) is 30.4 Å². The van der Waals surface area contributed by atoms with Crippen molar-refractivity contribution >= 4 is 25.8 Å². The highest BCUT2D eigenvalue weighted by molar-refractivity contribution is 9.09. The van der Waals surface area contributed by atoms with Crippen molar-refractivity contribution in [2.75, 3.05) is 11.5 Å². The van der Waals surface area contributed by atoms with Crippen molar-refractivity contribution in [2.24, 2.45) is 0 Å². The third-order valence-electron chi connectivity index (χ3n) is 3.89. The van der Waals surface area contributed by atoms with Gasteiger partial charge in [-0.3, -0.25) is 0 Å². The molecule has 3 rings (SSSR count). The van der Waals surface area contributed by atoms with E-state index in [2.05, 4.69) is 34.1 Å². The van der Waals surface area contributed by atoms with Crippen LogP contribution < -0.4 is 0 Å². The minimum atomic E-state index is -2.94. The molecule has 1 fully saturated rings. The van der Waals surface area contributed by atoms with E-state index in [4.69, 9.17) is 4.74 Å². The topological polar surface area (TPSA) is 43.4 Å². The maximum atomic E-state index is 11.6. The van der Waals surface area contributed by atoms with E-state index in [1.54, 1.807) is 0 Å². The van der Waals surface area contributed by atoms with Gasteiger partial charge in [0.2, 0.25) is 0 Å². The molecule has 0 saturated carbocycles. The number of aryl methyl sites for hydroxylation is 1. The summed E-state index contributed by atoms with van der Waals surface area (Å²) in [7, 11) is -2.94. The first-order chi connectivity index (χ1) is 9.05. The molecule has 3 nitrogen and oxygen atoms in total. The molecule has 1 aromatic rings. The van der Waals surface area contributed by atoms with Gasteiger partial charge in [0, 0.05) is 0 Å². The SMILES string of the molecule is O=S1(=O)CC(Br)C(OC2CCCc3ccccc32)C1. The first-order valence-corrected chi connectivity index (χ1v) is 9.37. The van der Waals surface area contributed by atoms with Crippen molar-refractivity contribution in [1.82, 2.24) is 0 Å². The number of hydrogen-bond acceptors (Lipinski definition) is 3. The molecule has 0 aromatic heterocycles. The smallest absolute Gasteiger partial charge is 0.154 e. The Hall–Kier alpha value is -0.390. The Bertz CT molecular complexity index is 570. The quantitative estimate of drug-likeness (QED) is 0.774. The van der Waals surface area contributed by atoms with E-state index in [0.29, 0.717) is 0 Å². The van der Waals surface area contributed by atoms with Gasteiger partial charge >= 0.3 is 0 Å². The highest BCUT2D eigenvalue weighted by Crippen LogP contribution is 2.35. The van der Waals surface area contributed by atoms with Gasteiger partial charge in [-0.2, -0.15) is 0 Å². The molecular weight excluding hydrogens is 328 g/mol. The molecule has 0 N–H and O–H groups in total. The highest BCUT2D eigenvalue weighted by atomic mass is 79.9. The van der Waals surface area contributed by atoms with Gasteiger partial charge < -0.3 is 4.74 Å². The molecule has 5 heteroatoms. The van der Waals surface area contributed by atoms with E-state index in [9.17, 15) is 8.42 Å². The molecule has 1 heterocycles. The lowest BCUT2D eigenvalue weighted by Crippen LogP contribution is -2.26. The van der Waals surface area contributed by atoms with E-state index in [-0.39, 0.29) is 28.5 Å². The van der Waals surface area contributed by atoms with Crippen molar-refractivity contribution in [1.29, 1.82) is 0 Å². The largest absolute Gasteiger partial charge is 0.368 e. The molecule has 19 heavy (non-hydrogen) atoms. The first-order valence-electron chi connectivity index (χ1n) is 6.63. The number of fused-ring (bicyclic) bond motifs is 1. The summed E-state index contributed by atoms with van der Waals surface area (Å²) in [4.78, 5) is -0.0772. The zero-order valence-electron chi connectivity index (χ0n) is 10.6. The third-order valence-corrected chi connectivity index (χ3v) is 6.93. The average Bonchev–Trinajstić information content (AvgIpc) is 2.63. The fraction of sp³-hybridized carbons (Fsp3) is 0.571. The average molecular weight is 345 g/mol. The summed E-state index contributed by atoms with van der Waals surface area (Å²) in [5.74, 6) is 0.327. The van der Waals surface area contributed by atoms with Crippen LogP contribution in [0.5, 0.6) is 0 Å². The molecule has 3 unspecified atom stereocenters. The molecule has 0 spiro atoms. The number of halogens is 1. The van der Waals surface area contributed by atoms with Crippen LogP contribution in [0.15, 0.2) is 24.3 Å². The number of sulfone groups is 1. The number of ether oxygens (including phenoxy) is 1. The van der Waals surface area contributed by atoms with E-state index in [1.165, 1.54) is 11.1 Å². The molecule has 1 saturated heterocycles. The molecule has 104 valence electrons.